The molecule has 0 saturated carbocycles. The third-order valence-electron chi connectivity index (χ3n) is 2.01. The Bertz CT molecular complexity index is 614. The van der Waals surface area contributed by atoms with Gasteiger partial charge in [-0.25, -0.2) is 0 Å². The van der Waals surface area contributed by atoms with Crippen molar-refractivity contribution in [3.63, 3.8) is 0 Å². The molecule has 0 aliphatic rings. The molecule has 2 rings (SSSR count). The number of aromatic nitrogens is 2. The molecular weight excluding hydrogens is 303 g/mol. The lowest BCUT2D eigenvalue weighted by Crippen LogP contribution is -2.12. The highest BCUT2D eigenvalue weighted by atomic mass is 35.5. The van der Waals surface area contributed by atoms with E-state index in [1.165, 1.54) is 12.1 Å². The van der Waals surface area contributed by atoms with Gasteiger partial charge in [-0.15, -0.1) is 10.2 Å². The minimum Gasteiger partial charge on any atom is -0.296 e. The van der Waals surface area contributed by atoms with Gasteiger partial charge in [0.25, 0.3) is 5.91 Å². The van der Waals surface area contributed by atoms with Crippen LogP contribution in [0.4, 0.5) is 18.3 Å². The summed E-state index contributed by atoms with van der Waals surface area (Å²) in [6, 6.07) is 6.16. The average molecular weight is 308 g/mol. The number of nitrogens with one attached hydrogen (secondary N) is 1. The van der Waals surface area contributed by atoms with Crippen molar-refractivity contribution in [1.29, 1.82) is 0 Å². The van der Waals surface area contributed by atoms with Gasteiger partial charge in [-0.2, -0.15) is 13.2 Å². The Morgan fingerprint density at radius 2 is 1.95 bits per heavy atom. The number of halogens is 4. The lowest BCUT2D eigenvalue weighted by molar-refractivity contribution is -0.138. The lowest BCUT2D eigenvalue weighted by atomic mass is 10.2. The Balaban J connectivity index is 2.16. The molecule has 1 N–H and O–H groups in total. The second-order valence-electron chi connectivity index (χ2n) is 3.34. The number of carbonyl (C=O) groups excluding carboxylic acids is 1. The molecule has 0 radical (unpaired) electrons. The molecule has 19 heavy (non-hydrogen) atoms. The zero-order valence-electron chi connectivity index (χ0n) is 9.03. The number of carbonyl (C=O) groups is 1. The number of anilines is 1. The summed E-state index contributed by atoms with van der Waals surface area (Å²) in [7, 11) is 0. The minimum absolute atomic E-state index is 0.146. The van der Waals surface area contributed by atoms with Crippen molar-refractivity contribution in [2.75, 3.05) is 5.32 Å². The Morgan fingerprint density at radius 3 is 2.53 bits per heavy atom. The van der Waals surface area contributed by atoms with Crippen LogP contribution in [-0.4, -0.2) is 16.1 Å². The molecule has 0 unspecified atom stereocenters. The van der Waals surface area contributed by atoms with Crippen molar-refractivity contribution in [2.24, 2.45) is 0 Å². The second-order valence-corrected chi connectivity index (χ2v) is 4.73. The van der Waals surface area contributed by atoms with Crippen molar-refractivity contribution >= 4 is 34.0 Å². The van der Waals surface area contributed by atoms with Crippen LogP contribution < -0.4 is 5.32 Å². The Labute approximate surface area is 114 Å². The maximum Gasteiger partial charge on any atom is 0.445 e. The van der Waals surface area contributed by atoms with Crippen LogP contribution in [0.15, 0.2) is 24.3 Å². The molecule has 1 amide bonds. The summed E-state index contributed by atoms with van der Waals surface area (Å²) in [4.78, 5) is 11.8. The van der Waals surface area contributed by atoms with Crippen LogP contribution in [0.3, 0.4) is 0 Å². The van der Waals surface area contributed by atoms with E-state index in [4.69, 9.17) is 11.6 Å². The minimum atomic E-state index is -4.58. The van der Waals surface area contributed by atoms with Gasteiger partial charge >= 0.3 is 6.18 Å². The monoisotopic (exact) mass is 307 g/mol. The zero-order chi connectivity index (χ0) is 14.0. The van der Waals surface area contributed by atoms with Crippen LogP contribution in [0.1, 0.15) is 15.4 Å². The highest BCUT2D eigenvalue weighted by molar-refractivity contribution is 7.15. The average Bonchev–Trinajstić information content (AvgIpc) is 2.77. The van der Waals surface area contributed by atoms with E-state index < -0.39 is 17.1 Å². The first kappa shape index (κ1) is 13.8. The molecule has 2 aromatic rings. The van der Waals surface area contributed by atoms with Crippen molar-refractivity contribution in [3.8, 4) is 0 Å². The van der Waals surface area contributed by atoms with E-state index in [0.717, 1.165) is 0 Å². The Morgan fingerprint density at radius 1 is 1.26 bits per heavy atom. The van der Waals surface area contributed by atoms with Crippen LogP contribution in [0.5, 0.6) is 0 Å². The summed E-state index contributed by atoms with van der Waals surface area (Å²) in [5, 5.41) is 7.25. The molecule has 0 spiro atoms. The molecule has 1 heterocycles. The molecule has 9 heteroatoms. The Hall–Kier alpha value is -1.67. The van der Waals surface area contributed by atoms with Crippen molar-refractivity contribution in [2.45, 2.75) is 6.18 Å². The van der Waals surface area contributed by atoms with Crippen LogP contribution in [0.2, 0.25) is 5.02 Å². The summed E-state index contributed by atoms with van der Waals surface area (Å²) < 4.78 is 36.9. The fourth-order valence-electron chi connectivity index (χ4n) is 1.20. The van der Waals surface area contributed by atoms with Gasteiger partial charge in [0.2, 0.25) is 10.1 Å². The molecule has 1 aromatic carbocycles. The van der Waals surface area contributed by atoms with Gasteiger partial charge in [-0.1, -0.05) is 35.1 Å². The number of amides is 1. The van der Waals surface area contributed by atoms with E-state index >= 15 is 0 Å². The number of hydrogen-bond acceptors (Lipinski definition) is 4. The SMILES string of the molecule is O=C(Nc1nnc(C(F)(F)F)s1)c1ccccc1Cl. The standard InChI is InChI=1S/C10H5ClF3N3OS/c11-6-4-2-1-3-5(6)7(18)15-9-17-16-8(19-9)10(12,13)14/h1-4H,(H,15,17,18). The molecule has 0 bridgehead atoms. The molecule has 0 aliphatic heterocycles. The quantitative estimate of drug-likeness (QED) is 0.924. The molecule has 100 valence electrons. The predicted octanol–water partition coefficient (Wildman–Crippen LogP) is 3.46. The van der Waals surface area contributed by atoms with Gasteiger partial charge in [0.15, 0.2) is 0 Å². The van der Waals surface area contributed by atoms with Crippen molar-refractivity contribution < 1.29 is 18.0 Å². The second kappa shape index (κ2) is 5.14. The van der Waals surface area contributed by atoms with Gasteiger partial charge in [-0.05, 0) is 12.1 Å². The lowest BCUT2D eigenvalue weighted by Gasteiger charge is -2.02. The van der Waals surface area contributed by atoms with Gasteiger partial charge < -0.3 is 0 Å². The van der Waals surface area contributed by atoms with E-state index in [0.29, 0.717) is 0 Å². The van der Waals surface area contributed by atoms with E-state index in [1.54, 1.807) is 12.1 Å². The van der Waals surface area contributed by atoms with Crippen LogP contribution >= 0.6 is 22.9 Å². The normalized spacial score (nSPS) is 11.4. The number of hydrogen-bond donors (Lipinski definition) is 1. The first-order valence-corrected chi connectivity index (χ1v) is 6.04. The topological polar surface area (TPSA) is 54.9 Å². The zero-order valence-corrected chi connectivity index (χ0v) is 10.6. The summed E-state index contributed by atoms with van der Waals surface area (Å²) in [6.45, 7) is 0. The van der Waals surface area contributed by atoms with E-state index in [9.17, 15) is 18.0 Å². The fourth-order valence-corrected chi connectivity index (χ4v) is 2.03. The highest BCUT2D eigenvalue weighted by Crippen LogP contribution is 2.33. The van der Waals surface area contributed by atoms with E-state index in [2.05, 4.69) is 15.5 Å². The van der Waals surface area contributed by atoms with Crippen LogP contribution in [0, 0.1) is 0 Å². The largest absolute Gasteiger partial charge is 0.445 e. The summed E-state index contributed by atoms with van der Waals surface area (Å²) >= 11 is 6.04. The molecule has 0 atom stereocenters. The van der Waals surface area contributed by atoms with Gasteiger partial charge in [0.05, 0.1) is 10.6 Å². The maximum absolute atomic E-state index is 12.3. The summed E-state index contributed by atoms with van der Waals surface area (Å²) in [6.07, 6.45) is -4.58. The first-order valence-electron chi connectivity index (χ1n) is 4.84. The molecular formula is C10H5ClF3N3OS. The number of benzene rings is 1. The van der Waals surface area contributed by atoms with Crippen molar-refractivity contribution in [3.05, 3.63) is 39.9 Å². The van der Waals surface area contributed by atoms with Crippen LogP contribution in [0.25, 0.3) is 0 Å². The summed E-state index contributed by atoms with van der Waals surface area (Å²) in [5.74, 6) is -0.643. The smallest absolute Gasteiger partial charge is 0.296 e. The maximum atomic E-state index is 12.3. The van der Waals surface area contributed by atoms with Crippen LogP contribution in [-0.2, 0) is 6.18 Å². The van der Waals surface area contributed by atoms with Gasteiger partial charge in [-0.3, -0.25) is 10.1 Å². The third kappa shape index (κ3) is 3.21. The number of rotatable bonds is 2. The number of nitrogens with zero attached hydrogens (tertiary/aromatic N) is 2. The summed E-state index contributed by atoms with van der Waals surface area (Å²) in [5.41, 5.74) is 0.146. The molecule has 0 aliphatic carbocycles. The highest BCUT2D eigenvalue weighted by Gasteiger charge is 2.35. The Kier molecular flexibility index (Phi) is 3.72. The van der Waals surface area contributed by atoms with E-state index in [-0.39, 0.29) is 27.1 Å². The first-order chi connectivity index (χ1) is 8.88. The third-order valence-corrected chi connectivity index (χ3v) is 3.22. The molecule has 4 nitrogen and oxygen atoms in total. The van der Waals surface area contributed by atoms with Gasteiger partial charge in [0.1, 0.15) is 0 Å². The molecule has 1 aromatic heterocycles. The van der Waals surface area contributed by atoms with E-state index in [1.807, 2.05) is 0 Å². The molecule has 0 fully saturated rings. The predicted molar refractivity (Wildman–Crippen MR) is 64.3 cm³/mol. The van der Waals surface area contributed by atoms with Gasteiger partial charge in [0, 0.05) is 0 Å². The fraction of sp³-hybridized carbons (Fsp3) is 0.100. The van der Waals surface area contributed by atoms with Crippen molar-refractivity contribution in [1.82, 2.24) is 10.2 Å². The molecule has 0 saturated heterocycles. The number of alkyl halides is 3.